The van der Waals surface area contributed by atoms with Crippen LogP contribution >= 0.6 is 15.9 Å². The van der Waals surface area contributed by atoms with Crippen LogP contribution in [-0.2, 0) is 10.4 Å². The second-order valence-electron chi connectivity index (χ2n) is 7.17. The number of hydrogen-bond donors (Lipinski definition) is 2. The van der Waals surface area contributed by atoms with E-state index in [9.17, 15) is 9.90 Å². The summed E-state index contributed by atoms with van der Waals surface area (Å²) >= 11 is 3.50. The maximum atomic E-state index is 13.0. The van der Waals surface area contributed by atoms with E-state index in [0.29, 0.717) is 11.1 Å². The predicted molar refractivity (Wildman–Crippen MR) is 126 cm³/mol. The van der Waals surface area contributed by atoms with Crippen molar-refractivity contribution < 1.29 is 14.6 Å². The van der Waals surface area contributed by atoms with E-state index in [-0.39, 0.29) is 6.10 Å². The van der Waals surface area contributed by atoms with Crippen LogP contribution in [0.15, 0.2) is 88.4 Å². The zero-order chi connectivity index (χ0) is 22.3. The number of hydrogen-bond acceptors (Lipinski definition) is 4. The standard InChI is InChI=1S/C25H25BrN2O3/c1-3-18(2)31-23-15-14-19(16-22(23)26)17-27-28-24(29)25(30,20-10-6-4-7-11-20)21-12-8-5-9-13-21/h4-18,30H,3H2,1-2H3,(H,28,29)/b27-17-/t18-/m1/s1. The Labute approximate surface area is 190 Å². The van der Waals surface area contributed by atoms with Crippen molar-refractivity contribution >= 4 is 28.1 Å². The maximum Gasteiger partial charge on any atom is 0.281 e. The number of hydrazone groups is 1. The van der Waals surface area contributed by atoms with Gasteiger partial charge < -0.3 is 9.84 Å². The quantitative estimate of drug-likeness (QED) is 0.351. The van der Waals surface area contributed by atoms with Crippen LogP contribution in [0.5, 0.6) is 5.75 Å². The van der Waals surface area contributed by atoms with Gasteiger partial charge in [-0.25, -0.2) is 5.43 Å². The molecule has 0 unspecified atom stereocenters. The Hall–Kier alpha value is -2.96. The molecule has 3 aromatic carbocycles. The Kier molecular flexibility index (Phi) is 7.60. The molecule has 0 saturated heterocycles. The van der Waals surface area contributed by atoms with E-state index in [2.05, 4.69) is 33.4 Å². The van der Waals surface area contributed by atoms with Crippen LogP contribution in [0.2, 0.25) is 0 Å². The van der Waals surface area contributed by atoms with Crippen molar-refractivity contribution in [1.82, 2.24) is 5.43 Å². The summed E-state index contributed by atoms with van der Waals surface area (Å²) in [6, 6.07) is 23.2. The number of aliphatic hydroxyl groups is 1. The first-order valence-corrected chi connectivity index (χ1v) is 10.9. The zero-order valence-corrected chi connectivity index (χ0v) is 19.0. The van der Waals surface area contributed by atoms with E-state index in [1.54, 1.807) is 48.5 Å². The van der Waals surface area contributed by atoms with E-state index in [1.165, 1.54) is 6.21 Å². The minimum atomic E-state index is -1.87. The predicted octanol–water partition coefficient (Wildman–Crippen LogP) is 5.01. The minimum absolute atomic E-state index is 0.115. The van der Waals surface area contributed by atoms with Gasteiger partial charge in [-0.15, -0.1) is 0 Å². The average Bonchev–Trinajstić information content (AvgIpc) is 2.81. The van der Waals surface area contributed by atoms with Gasteiger partial charge in [0.2, 0.25) is 0 Å². The summed E-state index contributed by atoms with van der Waals surface area (Å²) in [6.45, 7) is 4.08. The average molecular weight is 481 g/mol. The topological polar surface area (TPSA) is 70.9 Å². The minimum Gasteiger partial charge on any atom is -0.490 e. The van der Waals surface area contributed by atoms with Crippen molar-refractivity contribution in [1.29, 1.82) is 0 Å². The Morgan fingerprint density at radius 1 is 1.10 bits per heavy atom. The Morgan fingerprint density at radius 3 is 2.19 bits per heavy atom. The molecule has 0 fully saturated rings. The van der Waals surface area contributed by atoms with E-state index in [1.807, 2.05) is 37.3 Å². The summed E-state index contributed by atoms with van der Waals surface area (Å²) in [4.78, 5) is 13.0. The fraction of sp³-hybridized carbons (Fsp3) is 0.200. The first-order chi connectivity index (χ1) is 14.9. The molecule has 0 radical (unpaired) electrons. The monoisotopic (exact) mass is 480 g/mol. The lowest BCUT2D eigenvalue weighted by Gasteiger charge is -2.27. The fourth-order valence-electron chi connectivity index (χ4n) is 3.03. The van der Waals surface area contributed by atoms with E-state index in [0.717, 1.165) is 22.2 Å². The fourth-order valence-corrected chi connectivity index (χ4v) is 3.52. The van der Waals surface area contributed by atoms with Gasteiger partial charge in [0.1, 0.15) is 5.75 Å². The summed E-state index contributed by atoms with van der Waals surface area (Å²) in [7, 11) is 0. The largest absolute Gasteiger partial charge is 0.490 e. The highest BCUT2D eigenvalue weighted by Gasteiger charge is 2.39. The number of amides is 1. The second-order valence-corrected chi connectivity index (χ2v) is 8.02. The Morgan fingerprint density at radius 2 is 1.68 bits per heavy atom. The van der Waals surface area contributed by atoms with Gasteiger partial charge in [-0.3, -0.25) is 4.79 Å². The third kappa shape index (κ3) is 5.40. The molecule has 0 heterocycles. The molecule has 6 heteroatoms. The molecule has 0 aliphatic heterocycles. The first kappa shape index (κ1) is 22.7. The van der Waals surface area contributed by atoms with Crippen LogP contribution in [0.1, 0.15) is 37.0 Å². The number of carbonyl (C=O) groups excluding carboxylic acids is 1. The van der Waals surface area contributed by atoms with Crippen molar-refractivity contribution in [2.24, 2.45) is 5.10 Å². The van der Waals surface area contributed by atoms with Gasteiger partial charge in [-0.1, -0.05) is 67.6 Å². The van der Waals surface area contributed by atoms with E-state index in [4.69, 9.17) is 4.74 Å². The van der Waals surface area contributed by atoms with Crippen LogP contribution in [0.25, 0.3) is 0 Å². The molecule has 2 N–H and O–H groups in total. The summed E-state index contributed by atoms with van der Waals surface area (Å²) < 4.78 is 6.64. The molecule has 1 amide bonds. The number of ether oxygens (including phenoxy) is 1. The normalized spacial score (nSPS) is 12.5. The molecule has 0 aliphatic rings. The lowest BCUT2D eigenvalue weighted by molar-refractivity contribution is -0.136. The van der Waals surface area contributed by atoms with Crippen LogP contribution in [0.3, 0.4) is 0 Å². The lowest BCUT2D eigenvalue weighted by atomic mass is 9.85. The Balaban J connectivity index is 1.79. The number of nitrogens with one attached hydrogen (secondary N) is 1. The molecular formula is C25H25BrN2O3. The number of halogens is 1. The SMILES string of the molecule is CC[C@@H](C)Oc1ccc(/C=N\NC(=O)C(O)(c2ccccc2)c2ccccc2)cc1Br. The molecule has 5 nitrogen and oxygen atoms in total. The molecule has 31 heavy (non-hydrogen) atoms. The van der Waals surface area contributed by atoms with Crippen LogP contribution in [-0.4, -0.2) is 23.3 Å². The lowest BCUT2D eigenvalue weighted by Crippen LogP contribution is -2.43. The smallest absolute Gasteiger partial charge is 0.281 e. The highest BCUT2D eigenvalue weighted by molar-refractivity contribution is 9.10. The summed E-state index contributed by atoms with van der Waals surface area (Å²) in [5, 5.41) is 15.5. The van der Waals surface area contributed by atoms with Crippen molar-refractivity contribution in [3.05, 3.63) is 100 Å². The molecule has 0 aromatic heterocycles. The van der Waals surface area contributed by atoms with Crippen LogP contribution in [0, 0.1) is 0 Å². The van der Waals surface area contributed by atoms with Gasteiger partial charge in [-0.2, -0.15) is 5.10 Å². The van der Waals surface area contributed by atoms with E-state index < -0.39 is 11.5 Å². The van der Waals surface area contributed by atoms with Gasteiger partial charge in [0.15, 0.2) is 5.60 Å². The molecule has 0 saturated carbocycles. The summed E-state index contributed by atoms with van der Waals surface area (Å²) in [5.41, 5.74) is 2.30. The van der Waals surface area contributed by atoms with Gasteiger partial charge in [-0.05, 0) is 64.2 Å². The first-order valence-electron chi connectivity index (χ1n) is 10.1. The van der Waals surface area contributed by atoms with Crippen molar-refractivity contribution in [3.63, 3.8) is 0 Å². The number of nitrogens with zero attached hydrogens (tertiary/aromatic N) is 1. The third-order valence-corrected chi connectivity index (χ3v) is 5.57. The number of carbonyl (C=O) groups is 1. The van der Waals surface area contributed by atoms with Gasteiger partial charge in [0, 0.05) is 0 Å². The molecular weight excluding hydrogens is 456 g/mol. The zero-order valence-electron chi connectivity index (χ0n) is 17.5. The van der Waals surface area contributed by atoms with Crippen LogP contribution < -0.4 is 10.2 Å². The molecule has 0 bridgehead atoms. The highest BCUT2D eigenvalue weighted by atomic mass is 79.9. The van der Waals surface area contributed by atoms with E-state index >= 15 is 0 Å². The van der Waals surface area contributed by atoms with Crippen LogP contribution in [0.4, 0.5) is 0 Å². The van der Waals surface area contributed by atoms with Gasteiger partial charge >= 0.3 is 0 Å². The Bertz CT molecular complexity index is 1000. The third-order valence-electron chi connectivity index (χ3n) is 4.95. The number of rotatable bonds is 8. The molecule has 0 aliphatic carbocycles. The number of benzene rings is 3. The molecule has 1 atom stereocenters. The van der Waals surface area contributed by atoms with Crippen molar-refractivity contribution in [2.75, 3.05) is 0 Å². The van der Waals surface area contributed by atoms with Gasteiger partial charge in [0.25, 0.3) is 5.91 Å². The summed E-state index contributed by atoms with van der Waals surface area (Å²) in [6.07, 6.45) is 2.54. The molecule has 0 spiro atoms. The molecule has 160 valence electrons. The van der Waals surface area contributed by atoms with Crippen molar-refractivity contribution in [2.45, 2.75) is 32.0 Å². The summed E-state index contributed by atoms with van der Waals surface area (Å²) in [5.74, 6) is 0.106. The van der Waals surface area contributed by atoms with Gasteiger partial charge in [0.05, 0.1) is 16.8 Å². The molecule has 3 rings (SSSR count). The molecule has 3 aromatic rings. The maximum absolute atomic E-state index is 13.0. The highest BCUT2D eigenvalue weighted by Crippen LogP contribution is 2.30. The van der Waals surface area contributed by atoms with Crippen molar-refractivity contribution in [3.8, 4) is 5.75 Å². The second kappa shape index (κ2) is 10.4.